The van der Waals surface area contributed by atoms with Crippen LogP contribution in [0, 0.1) is 37.0 Å². The zero-order valence-electron chi connectivity index (χ0n) is 13.3. The molecule has 0 saturated heterocycles. The summed E-state index contributed by atoms with van der Waals surface area (Å²) in [5.74, 6) is 2.82. The number of hydrogen-bond donors (Lipinski definition) is 1. The normalized spacial score (nSPS) is 31.9. The number of thiazole rings is 1. The summed E-state index contributed by atoms with van der Waals surface area (Å²) in [7, 11) is 0. The van der Waals surface area contributed by atoms with E-state index in [0.717, 1.165) is 24.3 Å². The summed E-state index contributed by atoms with van der Waals surface area (Å²) in [6.45, 7) is 11.3. The number of aryl methyl sites for hydroxylation is 2. The Morgan fingerprint density at radius 3 is 2.55 bits per heavy atom. The Morgan fingerprint density at radius 1 is 1.30 bits per heavy atom. The molecule has 1 heterocycles. The highest BCUT2D eigenvalue weighted by Gasteiger charge is 2.53. The highest BCUT2D eigenvalue weighted by Crippen LogP contribution is 2.60. The van der Waals surface area contributed by atoms with Crippen LogP contribution in [0.2, 0.25) is 0 Å². The van der Waals surface area contributed by atoms with Gasteiger partial charge in [0.25, 0.3) is 0 Å². The second-order valence-electron chi connectivity index (χ2n) is 7.61. The van der Waals surface area contributed by atoms with Crippen LogP contribution in [0.15, 0.2) is 0 Å². The van der Waals surface area contributed by atoms with E-state index in [2.05, 4.69) is 33.0 Å². The number of fused-ring (bicyclic) bond motifs is 1. The second kappa shape index (κ2) is 5.42. The van der Waals surface area contributed by atoms with Gasteiger partial charge in [-0.25, -0.2) is 4.98 Å². The van der Waals surface area contributed by atoms with E-state index in [-0.39, 0.29) is 0 Å². The van der Waals surface area contributed by atoms with Crippen LogP contribution >= 0.6 is 11.3 Å². The van der Waals surface area contributed by atoms with Crippen molar-refractivity contribution in [3.05, 3.63) is 15.6 Å². The predicted molar refractivity (Wildman–Crippen MR) is 86.3 cm³/mol. The van der Waals surface area contributed by atoms with Crippen molar-refractivity contribution >= 4 is 11.3 Å². The van der Waals surface area contributed by atoms with Crippen molar-refractivity contribution in [1.29, 1.82) is 0 Å². The Kier molecular flexibility index (Phi) is 3.93. The molecule has 0 aromatic carbocycles. The molecule has 3 heteroatoms. The van der Waals surface area contributed by atoms with Crippen LogP contribution in [0.5, 0.6) is 0 Å². The maximum absolute atomic E-state index is 4.79. The average molecular weight is 292 g/mol. The standard InChI is InChI=1S/C17H28N2S/c1-11(2)9-18-10-17(6-14-5-15(14)7-17)8-16-19-12(3)13(4)20-16/h11,14-15,18H,5-10H2,1-4H3. The summed E-state index contributed by atoms with van der Waals surface area (Å²) in [5.41, 5.74) is 1.73. The minimum Gasteiger partial charge on any atom is -0.316 e. The Hall–Kier alpha value is -0.410. The maximum atomic E-state index is 4.79. The molecule has 1 N–H and O–H groups in total. The van der Waals surface area contributed by atoms with Crippen molar-refractivity contribution < 1.29 is 0 Å². The fraction of sp³-hybridized carbons (Fsp3) is 0.824. The van der Waals surface area contributed by atoms with Gasteiger partial charge in [-0.1, -0.05) is 13.8 Å². The van der Waals surface area contributed by atoms with E-state index in [0.29, 0.717) is 5.41 Å². The van der Waals surface area contributed by atoms with Crippen LogP contribution in [-0.4, -0.2) is 18.1 Å². The van der Waals surface area contributed by atoms with Crippen LogP contribution in [0.25, 0.3) is 0 Å². The molecule has 2 aliphatic carbocycles. The van der Waals surface area contributed by atoms with Crippen LogP contribution in [0.3, 0.4) is 0 Å². The van der Waals surface area contributed by atoms with Gasteiger partial charge in [-0.15, -0.1) is 11.3 Å². The van der Waals surface area contributed by atoms with Crippen LogP contribution in [-0.2, 0) is 6.42 Å². The topological polar surface area (TPSA) is 24.9 Å². The van der Waals surface area contributed by atoms with Crippen molar-refractivity contribution in [2.24, 2.45) is 23.2 Å². The zero-order chi connectivity index (χ0) is 14.3. The Bertz CT molecular complexity index is 448. The average Bonchev–Trinajstić information content (AvgIpc) is 2.84. The van der Waals surface area contributed by atoms with Crippen molar-refractivity contribution in [3.63, 3.8) is 0 Å². The Labute approximate surface area is 127 Å². The molecular formula is C17H28N2S. The van der Waals surface area contributed by atoms with Crippen LogP contribution < -0.4 is 5.32 Å². The number of aromatic nitrogens is 1. The lowest BCUT2D eigenvalue weighted by Crippen LogP contribution is -2.36. The molecule has 1 aromatic rings. The van der Waals surface area contributed by atoms with E-state index >= 15 is 0 Å². The molecule has 2 aliphatic rings. The molecule has 2 nitrogen and oxygen atoms in total. The summed E-state index contributed by atoms with van der Waals surface area (Å²) in [6.07, 6.45) is 5.56. The van der Waals surface area contributed by atoms with E-state index < -0.39 is 0 Å². The van der Waals surface area contributed by atoms with Gasteiger partial charge in [-0.05, 0) is 62.8 Å². The molecule has 2 saturated carbocycles. The molecule has 3 rings (SSSR count). The highest BCUT2D eigenvalue weighted by atomic mass is 32.1. The van der Waals surface area contributed by atoms with E-state index in [9.17, 15) is 0 Å². The van der Waals surface area contributed by atoms with Gasteiger partial charge in [-0.2, -0.15) is 0 Å². The van der Waals surface area contributed by atoms with Crippen LogP contribution in [0.1, 0.15) is 48.7 Å². The van der Waals surface area contributed by atoms with Gasteiger partial charge in [0, 0.05) is 17.8 Å². The largest absolute Gasteiger partial charge is 0.316 e. The summed E-state index contributed by atoms with van der Waals surface area (Å²) in [6, 6.07) is 0. The fourth-order valence-corrected chi connectivity index (χ4v) is 5.03. The van der Waals surface area contributed by atoms with Crippen molar-refractivity contribution in [2.75, 3.05) is 13.1 Å². The molecule has 20 heavy (non-hydrogen) atoms. The summed E-state index contributed by atoms with van der Waals surface area (Å²) in [4.78, 5) is 6.19. The molecule has 2 fully saturated rings. The smallest absolute Gasteiger partial charge is 0.0936 e. The molecule has 0 bridgehead atoms. The van der Waals surface area contributed by atoms with Gasteiger partial charge in [0.15, 0.2) is 0 Å². The zero-order valence-corrected chi connectivity index (χ0v) is 14.1. The third-order valence-electron chi connectivity index (χ3n) is 5.11. The lowest BCUT2D eigenvalue weighted by Gasteiger charge is -2.31. The number of nitrogens with zero attached hydrogens (tertiary/aromatic N) is 1. The molecule has 0 amide bonds. The van der Waals surface area contributed by atoms with Gasteiger partial charge < -0.3 is 5.32 Å². The first-order valence-electron chi connectivity index (χ1n) is 8.11. The second-order valence-corrected chi connectivity index (χ2v) is 8.90. The highest BCUT2D eigenvalue weighted by molar-refractivity contribution is 7.11. The lowest BCUT2D eigenvalue weighted by atomic mass is 9.79. The van der Waals surface area contributed by atoms with Gasteiger partial charge in [0.2, 0.25) is 0 Å². The third kappa shape index (κ3) is 3.09. The van der Waals surface area contributed by atoms with Gasteiger partial charge in [0.1, 0.15) is 0 Å². The van der Waals surface area contributed by atoms with E-state index in [1.165, 1.54) is 47.8 Å². The van der Waals surface area contributed by atoms with Crippen molar-refractivity contribution in [2.45, 2.75) is 53.4 Å². The van der Waals surface area contributed by atoms with Crippen molar-refractivity contribution in [1.82, 2.24) is 10.3 Å². The van der Waals surface area contributed by atoms with E-state index in [4.69, 9.17) is 4.98 Å². The maximum Gasteiger partial charge on any atom is 0.0936 e. The van der Waals surface area contributed by atoms with Gasteiger partial charge in [-0.3, -0.25) is 0 Å². The molecule has 1 aromatic heterocycles. The quantitative estimate of drug-likeness (QED) is 0.858. The first kappa shape index (κ1) is 14.5. The minimum atomic E-state index is 0.499. The molecule has 0 radical (unpaired) electrons. The summed E-state index contributed by atoms with van der Waals surface area (Å²) >= 11 is 1.92. The minimum absolute atomic E-state index is 0.499. The predicted octanol–water partition coefficient (Wildman–Crippen LogP) is 3.96. The first-order chi connectivity index (χ1) is 9.47. The molecular weight excluding hydrogens is 264 g/mol. The van der Waals surface area contributed by atoms with E-state index in [1.807, 2.05) is 11.3 Å². The molecule has 2 unspecified atom stereocenters. The number of rotatable bonds is 6. The van der Waals surface area contributed by atoms with Crippen molar-refractivity contribution in [3.8, 4) is 0 Å². The molecule has 112 valence electrons. The Balaban J connectivity index is 1.66. The van der Waals surface area contributed by atoms with Crippen LogP contribution in [0.4, 0.5) is 0 Å². The molecule has 0 spiro atoms. The number of hydrogen-bond acceptors (Lipinski definition) is 3. The summed E-state index contributed by atoms with van der Waals surface area (Å²) < 4.78 is 0. The first-order valence-corrected chi connectivity index (χ1v) is 8.93. The van der Waals surface area contributed by atoms with Gasteiger partial charge >= 0.3 is 0 Å². The van der Waals surface area contributed by atoms with E-state index in [1.54, 1.807) is 0 Å². The monoisotopic (exact) mass is 292 g/mol. The van der Waals surface area contributed by atoms with Gasteiger partial charge in [0.05, 0.1) is 10.7 Å². The SMILES string of the molecule is Cc1nc(CC2(CNCC(C)C)CC3CC3C2)sc1C. The Morgan fingerprint density at radius 2 is 2.00 bits per heavy atom. The summed E-state index contributed by atoms with van der Waals surface area (Å²) in [5, 5.41) is 5.10. The third-order valence-corrected chi connectivity index (χ3v) is 6.18. The lowest BCUT2D eigenvalue weighted by molar-refractivity contribution is 0.244. The number of nitrogens with one attached hydrogen (secondary N) is 1. The molecule has 0 aliphatic heterocycles. The molecule has 2 atom stereocenters. The fourth-order valence-electron chi connectivity index (χ4n) is 3.92.